The molecule has 5 N–H and O–H groups in total. The van der Waals surface area contributed by atoms with Gasteiger partial charge in [-0.25, -0.2) is 19.6 Å². The molecule has 0 bridgehead atoms. The number of carbonyl (C=O) groups excluding carboxylic acids is 3. The Labute approximate surface area is 390 Å². The number of methoxy groups -OCH3 is 1. The summed E-state index contributed by atoms with van der Waals surface area (Å²) in [5, 5.41) is 14.5. The van der Waals surface area contributed by atoms with Gasteiger partial charge in [0.25, 0.3) is 0 Å². The first-order valence-corrected chi connectivity index (χ1v) is 23.0. The molecule has 2 aliphatic rings. The standard InChI is InChI=1S/C51H60N10O6/c1-30(2)44(56-50(64)65)48(62)59-26-8-10-42(59)46-52-28-38(54-46)32-12-16-34(17-13-32)40-24-25-41(61(40)37-22-20-36(21-23-37)58(5)6)35-18-14-33(15-19-35)39-29-53-47(55-39)43-11-9-27-60(43)49(63)45(31(3)4)57-51(66)67-7/h12-25,28-31,42-45,56H,8-11,26-27H2,1-7H3,(H,52,54)(H,53,55)(H,57,66)(H,64,65)/t42-,43-,44-,45-/m0/s1. The third kappa shape index (κ3) is 9.65. The number of H-pyrrole nitrogens is 2. The maximum Gasteiger partial charge on any atom is 0.407 e. The largest absolute Gasteiger partial charge is 0.465 e. The normalized spacial score (nSPS) is 16.9. The number of ether oxygens (including phenoxy) is 1. The lowest BCUT2D eigenvalue weighted by molar-refractivity contribution is -0.136. The van der Waals surface area contributed by atoms with Gasteiger partial charge in [0.05, 0.1) is 54.4 Å². The molecular weight excluding hydrogens is 849 g/mol. The number of nitrogens with one attached hydrogen (secondary N) is 4. The molecule has 5 heterocycles. The van der Waals surface area contributed by atoms with E-state index in [1.807, 2.05) is 52.9 Å². The maximum absolute atomic E-state index is 13.7. The lowest BCUT2D eigenvalue weighted by Gasteiger charge is -2.30. The molecule has 3 aromatic carbocycles. The van der Waals surface area contributed by atoms with Crippen molar-refractivity contribution in [2.45, 2.75) is 77.5 Å². The van der Waals surface area contributed by atoms with Crippen LogP contribution in [-0.4, -0.2) is 110 Å². The first kappa shape index (κ1) is 46.2. The molecule has 0 radical (unpaired) electrons. The number of benzene rings is 3. The topological polar surface area (TPSA) is 194 Å². The summed E-state index contributed by atoms with van der Waals surface area (Å²) in [4.78, 5) is 72.9. The average molecular weight is 909 g/mol. The van der Waals surface area contributed by atoms with Gasteiger partial charge in [-0.2, -0.15) is 0 Å². The molecule has 0 saturated carbocycles. The third-order valence-corrected chi connectivity index (χ3v) is 13.0. The van der Waals surface area contributed by atoms with Gasteiger partial charge in [-0.3, -0.25) is 9.59 Å². The number of carbonyl (C=O) groups is 4. The smallest absolute Gasteiger partial charge is 0.407 e. The van der Waals surface area contributed by atoms with E-state index >= 15 is 0 Å². The van der Waals surface area contributed by atoms with E-state index in [0.29, 0.717) is 24.7 Å². The van der Waals surface area contributed by atoms with E-state index in [0.717, 1.165) is 82.1 Å². The van der Waals surface area contributed by atoms with Crippen LogP contribution in [0.15, 0.2) is 97.3 Å². The van der Waals surface area contributed by atoms with Crippen LogP contribution >= 0.6 is 0 Å². The fraction of sp³-hybridized carbons (Fsp3) is 0.373. The monoisotopic (exact) mass is 908 g/mol. The van der Waals surface area contributed by atoms with Crippen LogP contribution in [-0.2, 0) is 14.3 Å². The van der Waals surface area contributed by atoms with Crippen molar-refractivity contribution >= 4 is 29.7 Å². The van der Waals surface area contributed by atoms with Crippen molar-refractivity contribution in [1.82, 2.24) is 44.9 Å². The quantitative estimate of drug-likeness (QED) is 0.0711. The summed E-state index contributed by atoms with van der Waals surface area (Å²) < 4.78 is 7.07. The van der Waals surface area contributed by atoms with Crippen LogP contribution in [0.25, 0.3) is 50.7 Å². The minimum Gasteiger partial charge on any atom is -0.465 e. The van der Waals surface area contributed by atoms with E-state index in [4.69, 9.17) is 14.7 Å². The minimum absolute atomic E-state index is 0.122. The number of hydrogen-bond acceptors (Lipinski definition) is 8. The molecule has 2 fully saturated rings. The molecule has 2 saturated heterocycles. The maximum atomic E-state index is 13.7. The van der Waals surface area contributed by atoms with Gasteiger partial charge in [0.15, 0.2) is 0 Å². The SMILES string of the molecule is COC(=O)N[C@H](C(=O)N1CCC[C@H]1c1ncc(-c2ccc(-c3ccc(-c4ccc(-c5cnc([C@@H]6CCCN6C(=O)[C@@H](NC(=O)O)C(C)C)[nH]5)cc4)n3-c3ccc(N(C)C)cc3)cc2)[nH]1)C(C)C. The molecule has 6 aromatic rings. The molecular formula is C51H60N10O6. The fourth-order valence-corrected chi connectivity index (χ4v) is 9.34. The van der Waals surface area contributed by atoms with E-state index < -0.39 is 24.3 Å². The predicted octanol–water partition coefficient (Wildman–Crippen LogP) is 8.66. The molecule has 16 heteroatoms. The number of anilines is 1. The Kier molecular flexibility index (Phi) is 13.5. The van der Waals surface area contributed by atoms with E-state index in [9.17, 15) is 24.3 Å². The second kappa shape index (κ2) is 19.6. The Bertz CT molecular complexity index is 2700. The number of hydrogen-bond donors (Lipinski definition) is 5. The number of nitrogens with zero attached hydrogens (tertiary/aromatic N) is 6. The Morgan fingerprint density at radius 2 is 1.09 bits per heavy atom. The molecule has 0 unspecified atom stereocenters. The van der Waals surface area contributed by atoms with Crippen molar-refractivity contribution in [2.75, 3.05) is 39.2 Å². The van der Waals surface area contributed by atoms with Crippen molar-refractivity contribution in [3.05, 3.63) is 109 Å². The lowest BCUT2D eigenvalue weighted by atomic mass is 10.0. The summed E-state index contributed by atoms with van der Waals surface area (Å²) in [6.07, 6.45) is 4.89. The number of aromatic nitrogens is 5. The summed E-state index contributed by atoms with van der Waals surface area (Å²) >= 11 is 0. The fourth-order valence-electron chi connectivity index (χ4n) is 9.34. The van der Waals surface area contributed by atoms with E-state index in [2.05, 4.69) is 115 Å². The first-order chi connectivity index (χ1) is 32.2. The van der Waals surface area contributed by atoms with Crippen molar-refractivity contribution < 1.29 is 29.0 Å². The van der Waals surface area contributed by atoms with Gasteiger partial charge < -0.3 is 49.7 Å². The van der Waals surface area contributed by atoms with Crippen molar-refractivity contribution in [1.29, 1.82) is 0 Å². The van der Waals surface area contributed by atoms with E-state index in [-0.39, 0.29) is 35.7 Å². The number of likely N-dealkylation sites (tertiary alicyclic amines) is 2. The Morgan fingerprint density at radius 1 is 0.657 bits per heavy atom. The molecule has 2 aliphatic heterocycles. The van der Waals surface area contributed by atoms with Gasteiger partial charge in [0, 0.05) is 38.6 Å². The Balaban J connectivity index is 1.04. The second-order valence-electron chi connectivity index (χ2n) is 18.3. The Morgan fingerprint density at radius 3 is 1.49 bits per heavy atom. The van der Waals surface area contributed by atoms with Crippen LogP contribution in [0.5, 0.6) is 0 Å². The minimum atomic E-state index is -1.22. The van der Waals surface area contributed by atoms with Crippen LogP contribution in [0.4, 0.5) is 15.3 Å². The van der Waals surface area contributed by atoms with Crippen molar-refractivity contribution in [2.24, 2.45) is 11.8 Å². The zero-order valence-corrected chi connectivity index (χ0v) is 39.1. The molecule has 67 heavy (non-hydrogen) atoms. The highest BCUT2D eigenvalue weighted by molar-refractivity contribution is 5.87. The predicted molar refractivity (Wildman–Crippen MR) is 257 cm³/mol. The van der Waals surface area contributed by atoms with E-state index in [1.165, 1.54) is 7.11 Å². The molecule has 16 nitrogen and oxygen atoms in total. The second-order valence-corrected chi connectivity index (χ2v) is 18.3. The lowest BCUT2D eigenvalue weighted by Crippen LogP contribution is -2.51. The summed E-state index contributed by atoms with van der Waals surface area (Å²) in [6.45, 7) is 8.60. The van der Waals surface area contributed by atoms with Crippen LogP contribution in [0.1, 0.15) is 77.1 Å². The molecule has 350 valence electrons. The molecule has 3 aromatic heterocycles. The molecule has 8 rings (SSSR count). The van der Waals surface area contributed by atoms with Gasteiger partial charge in [-0.1, -0.05) is 76.2 Å². The molecule has 0 spiro atoms. The zero-order chi connectivity index (χ0) is 47.5. The molecule has 0 aliphatic carbocycles. The number of carboxylic acid groups (broad SMARTS) is 1. The average Bonchev–Trinajstić information content (AvgIpc) is 4.19. The zero-order valence-electron chi connectivity index (χ0n) is 39.1. The summed E-state index contributed by atoms with van der Waals surface area (Å²) in [7, 11) is 5.34. The summed E-state index contributed by atoms with van der Waals surface area (Å²) in [5.41, 5.74) is 9.75. The van der Waals surface area contributed by atoms with Gasteiger partial charge in [-0.15, -0.1) is 0 Å². The van der Waals surface area contributed by atoms with Gasteiger partial charge >= 0.3 is 12.2 Å². The number of alkyl carbamates (subject to hydrolysis) is 1. The highest BCUT2D eigenvalue weighted by Gasteiger charge is 2.39. The van der Waals surface area contributed by atoms with Crippen molar-refractivity contribution in [3.8, 4) is 50.7 Å². The van der Waals surface area contributed by atoms with Gasteiger partial charge in [-0.05, 0) is 96.2 Å². The Hall–Kier alpha value is -7.36. The van der Waals surface area contributed by atoms with Crippen molar-refractivity contribution in [3.63, 3.8) is 0 Å². The highest BCUT2D eigenvalue weighted by atomic mass is 16.5. The van der Waals surface area contributed by atoms with Gasteiger partial charge in [0.1, 0.15) is 23.7 Å². The van der Waals surface area contributed by atoms with E-state index in [1.54, 1.807) is 11.1 Å². The number of amides is 4. The number of imidazole rings is 2. The number of rotatable bonds is 14. The summed E-state index contributed by atoms with van der Waals surface area (Å²) in [5.74, 6) is 0.683. The van der Waals surface area contributed by atoms with Crippen LogP contribution in [0.2, 0.25) is 0 Å². The van der Waals surface area contributed by atoms with Crippen LogP contribution in [0, 0.1) is 11.8 Å². The van der Waals surface area contributed by atoms with Gasteiger partial charge in [0.2, 0.25) is 11.8 Å². The third-order valence-electron chi connectivity index (χ3n) is 13.0. The first-order valence-electron chi connectivity index (χ1n) is 23.0. The van der Waals surface area contributed by atoms with Crippen LogP contribution < -0.4 is 15.5 Å². The molecule has 4 amide bonds. The summed E-state index contributed by atoms with van der Waals surface area (Å²) in [6, 6.07) is 27.4. The van der Waals surface area contributed by atoms with Crippen LogP contribution in [0.3, 0.4) is 0 Å². The highest BCUT2D eigenvalue weighted by Crippen LogP contribution is 2.37. The number of aromatic amines is 2. The molecule has 4 atom stereocenters.